The van der Waals surface area contributed by atoms with Gasteiger partial charge in [0.05, 0.1) is 0 Å². The summed E-state index contributed by atoms with van der Waals surface area (Å²) in [4.78, 5) is 0. The maximum Gasteiger partial charge on any atom is -0.00490 e. The molecule has 0 rings (SSSR count). The fourth-order valence-electron chi connectivity index (χ4n) is 3.62. The fraction of sp³-hybridized carbons (Fsp3) is 1.00. The first-order chi connectivity index (χ1) is 16.2. The normalized spacial score (nSPS) is 9.77. The van der Waals surface area contributed by atoms with E-state index in [0.717, 1.165) is 19.6 Å². The lowest BCUT2D eigenvalue weighted by molar-refractivity contribution is 0.580. The Hall–Kier alpha value is 0.600. The van der Waals surface area contributed by atoms with Crippen molar-refractivity contribution in [2.45, 2.75) is 157 Å². The van der Waals surface area contributed by atoms with Crippen LogP contribution in [0.15, 0.2) is 0 Å². The molecule has 5 heteroatoms. The highest BCUT2D eigenvalue weighted by atomic mass is 35.5. The summed E-state index contributed by atoms with van der Waals surface area (Å²) in [6.07, 6.45) is 25.2. The van der Waals surface area contributed by atoms with Crippen molar-refractivity contribution < 1.29 is 0 Å². The maximum atomic E-state index is 3.34. The smallest absolute Gasteiger partial charge is 0.00490 e. The Kier molecular flexibility index (Phi) is 66.7. The molecule has 1 atom stereocenters. The summed E-state index contributed by atoms with van der Waals surface area (Å²) in [5.74, 6) is 0. The monoisotopic (exact) mass is 542 g/mol. The Morgan fingerprint density at radius 2 is 0.514 bits per heavy atom. The van der Waals surface area contributed by atoms with Gasteiger partial charge in [-0.05, 0) is 58.5 Å². The number of rotatable bonds is 24. The Bertz CT molecular complexity index is 218. The largest absolute Gasteiger partial charge is 0.317 e. The molecular formula is C30H73ClN3P. The number of nitrogens with one attached hydrogen (secondary N) is 3. The molecule has 0 bridgehead atoms. The first-order valence-electron chi connectivity index (χ1n) is 15.4. The van der Waals surface area contributed by atoms with Crippen LogP contribution in [0.4, 0.5) is 0 Å². The van der Waals surface area contributed by atoms with Crippen molar-refractivity contribution in [3.63, 3.8) is 0 Å². The van der Waals surface area contributed by atoms with Gasteiger partial charge < -0.3 is 16.0 Å². The molecule has 0 saturated heterocycles. The molecule has 0 aliphatic heterocycles. The third-order valence-corrected chi connectivity index (χ3v) is 5.87. The van der Waals surface area contributed by atoms with Gasteiger partial charge in [-0.1, -0.05) is 138 Å². The lowest BCUT2D eigenvalue weighted by Crippen LogP contribution is -2.13. The number of hydrogen-bond donors (Lipinski definition) is 3. The van der Waals surface area contributed by atoms with Crippen LogP contribution in [-0.4, -0.2) is 39.3 Å². The van der Waals surface area contributed by atoms with Crippen molar-refractivity contribution in [3.05, 3.63) is 0 Å². The van der Waals surface area contributed by atoms with Gasteiger partial charge in [-0.15, -0.1) is 12.4 Å². The van der Waals surface area contributed by atoms with Gasteiger partial charge in [0.1, 0.15) is 0 Å². The Labute approximate surface area is 234 Å². The van der Waals surface area contributed by atoms with Crippen LogP contribution >= 0.6 is 22.3 Å². The Morgan fingerprint density at radius 3 is 0.714 bits per heavy atom. The number of hydrogen-bond acceptors (Lipinski definition) is 3. The first kappa shape index (κ1) is 45.5. The minimum atomic E-state index is 0. The van der Waals surface area contributed by atoms with Crippen molar-refractivity contribution in [2.24, 2.45) is 0 Å². The van der Waals surface area contributed by atoms with Crippen molar-refractivity contribution in [1.82, 2.24) is 16.0 Å². The summed E-state index contributed by atoms with van der Waals surface area (Å²) in [6.45, 7) is 20.3. The van der Waals surface area contributed by atoms with E-state index in [1.54, 1.807) is 0 Å². The van der Waals surface area contributed by atoms with Crippen molar-refractivity contribution in [2.75, 3.05) is 39.3 Å². The molecule has 35 heavy (non-hydrogen) atoms. The SMILES string of the molecule is CCCCCCCCNCC.CCCCCCCCNCC.CCCCCCCCNCC.Cl.P. The van der Waals surface area contributed by atoms with E-state index < -0.39 is 0 Å². The molecule has 0 amide bonds. The highest BCUT2D eigenvalue weighted by Crippen LogP contribution is 2.05. The number of halogens is 1. The topological polar surface area (TPSA) is 36.1 Å². The van der Waals surface area contributed by atoms with Crippen LogP contribution in [0.5, 0.6) is 0 Å². The summed E-state index contributed by atoms with van der Waals surface area (Å²) < 4.78 is 0. The van der Waals surface area contributed by atoms with E-state index in [-0.39, 0.29) is 22.3 Å². The van der Waals surface area contributed by atoms with Gasteiger partial charge in [0, 0.05) is 0 Å². The average molecular weight is 542 g/mol. The lowest BCUT2D eigenvalue weighted by atomic mass is 10.1. The van der Waals surface area contributed by atoms with Crippen molar-refractivity contribution in [1.29, 1.82) is 0 Å². The molecule has 0 aromatic rings. The van der Waals surface area contributed by atoms with Gasteiger partial charge in [0.15, 0.2) is 0 Å². The van der Waals surface area contributed by atoms with Gasteiger partial charge in [-0.25, -0.2) is 0 Å². The molecule has 0 saturated carbocycles. The van der Waals surface area contributed by atoms with E-state index >= 15 is 0 Å². The molecule has 0 aliphatic rings. The minimum Gasteiger partial charge on any atom is -0.317 e. The summed E-state index contributed by atoms with van der Waals surface area (Å²) in [7, 11) is 0. The van der Waals surface area contributed by atoms with E-state index in [1.807, 2.05) is 0 Å². The van der Waals surface area contributed by atoms with Crippen LogP contribution < -0.4 is 16.0 Å². The van der Waals surface area contributed by atoms with Crippen LogP contribution in [-0.2, 0) is 0 Å². The minimum absolute atomic E-state index is 0. The molecule has 3 nitrogen and oxygen atoms in total. The summed E-state index contributed by atoms with van der Waals surface area (Å²) >= 11 is 0. The second-order valence-corrected chi connectivity index (χ2v) is 9.36. The average Bonchev–Trinajstić information content (AvgIpc) is 2.83. The fourth-order valence-corrected chi connectivity index (χ4v) is 3.62. The second kappa shape index (κ2) is 51.3. The van der Waals surface area contributed by atoms with Gasteiger partial charge >= 0.3 is 0 Å². The van der Waals surface area contributed by atoms with Crippen LogP contribution in [0.3, 0.4) is 0 Å². The zero-order valence-electron chi connectivity index (χ0n) is 25.6. The molecule has 0 spiro atoms. The Balaban J connectivity index is -0.000000125. The summed E-state index contributed by atoms with van der Waals surface area (Å²) in [5.41, 5.74) is 0. The van der Waals surface area contributed by atoms with Crippen LogP contribution in [0, 0.1) is 0 Å². The summed E-state index contributed by atoms with van der Waals surface area (Å²) in [6, 6.07) is 0. The molecule has 0 aromatic carbocycles. The zero-order valence-corrected chi connectivity index (χ0v) is 27.8. The quantitative estimate of drug-likeness (QED) is 0.0841. The predicted molar refractivity (Wildman–Crippen MR) is 174 cm³/mol. The second-order valence-electron chi connectivity index (χ2n) is 9.36. The van der Waals surface area contributed by atoms with Gasteiger partial charge in [0.2, 0.25) is 0 Å². The van der Waals surface area contributed by atoms with Crippen molar-refractivity contribution >= 4 is 22.3 Å². The van der Waals surface area contributed by atoms with E-state index in [4.69, 9.17) is 0 Å². The molecule has 0 heterocycles. The van der Waals surface area contributed by atoms with E-state index in [2.05, 4.69) is 57.5 Å². The Morgan fingerprint density at radius 1 is 0.314 bits per heavy atom. The van der Waals surface area contributed by atoms with Crippen LogP contribution in [0.1, 0.15) is 157 Å². The first-order valence-corrected chi connectivity index (χ1v) is 15.4. The zero-order chi connectivity index (χ0) is 25.1. The molecular weight excluding hydrogens is 469 g/mol. The highest BCUT2D eigenvalue weighted by molar-refractivity contribution is 6.92. The molecule has 1 unspecified atom stereocenters. The van der Waals surface area contributed by atoms with Gasteiger partial charge in [-0.3, -0.25) is 0 Å². The number of unbranched alkanes of at least 4 members (excludes halogenated alkanes) is 15. The van der Waals surface area contributed by atoms with Gasteiger partial charge in [-0.2, -0.15) is 9.90 Å². The highest BCUT2D eigenvalue weighted by Gasteiger charge is 1.90. The van der Waals surface area contributed by atoms with Crippen molar-refractivity contribution in [3.8, 4) is 0 Å². The molecule has 220 valence electrons. The molecule has 0 aliphatic carbocycles. The maximum absolute atomic E-state index is 3.34. The third kappa shape index (κ3) is 60.8. The van der Waals surface area contributed by atoms with E-state index in [1.165, 1.54) is 135 Å². The summed E-state index contributed by atoms with van der Waals surface area (Å²) in [5, 5.41) is 10.0. The standard InChI is InChI=1S/3C10H23N.ClH.H3P/c3*1-3-5-6-7-8-9-10-11-4-2;;/h3*11H,3-10H2,1-2H3;1H;1H3. The lowest BCUT2D eigenvalue weighted by Gasteiger charge is -2.00. The molecule has 0 radical (unpaired) electrons. The van der Waals surface area contributed by atoms with Gasteiger partial charge in [0.25, 0.3) is 0 Å². The molecule has 3 N–H and O–H groups in total. The third-order valence-electron chi connectivity index (χ3n) is 5.87. The van der Waals surface area contributed by atoms with Crippen LogP contribution in [0.25, 0.3) is 0 Å². The molecule has 0 fully saturated rings. The molecule has 0 aromatic heterocycles. The van der Waals surface area contributed by atoms with E-state index in [0.29, 0.717) is 0 Å². The predicted octanol–water partition coefficient (Wildman–Crippen LogP) is 9.35. The van der Waals surface area contributed by atoms with Crippen LogP contribution in [0.2, 0.25) is 0 Å². The van der Waals surface area contributed by atoms with E-state index in [9.17, 15) is 0 Å².